The lowest BCUT2D eigenvalue weighted by Gasteiger charge is -2.18. The number of aryl methyl sites for hydroxylation is 1. The number of rotatable bonds is 5. The van der Waals surface area contributed by atoms with E-state index in [9.17, 15) is 14.4 Å². The Kier molecular flexibility index (Phi) is 4.79. The van der Waals surface area contributed by atoms with E-state index in [1.54, 1.807) is 0 Å². The highest BCUT2D eigenvalue weighted by atomic mass is 16.2. The summed E-state index contributed by atoms with van der Waals surface area (Å²) in [7, 11) is 0. The molecule has 0 saturated carbocycles. The van der Waals surface area contributed by atoms with Gasteiger partial charge in [0, 0.05) is 0 Å². The van der Waals surface area contributed by atoms with Crippen LogP contribution in [0.4, 0.5) is 4.79 Å². The molecule has 2 aromatic rings. The topological polar surface area (TPSA) is 69.7 Å². The maximum atomic E-state index is 12.4. The summed E-state index contributed by atoms with van der Waals surface area (Å²) in [5.74, 6) is -0.651. The number of imide groups is 1. The number of hydrazine groups is 1. The highest BCUT2D eigenvalue weighted by Crippen LogP contribution is 2.14. The summed E-state index contributed by atoms with van der Waals surface area (Å²) in [5.41, 5.74) is 5.29. The molecule has 2 aromatic carbocycles. The molecular weight excluding hydrogens is 318 g/mol. The summed E-state index contributed by atoms with van der Waals surface area (Å²) in [6.45, 7) is 1.97. The number of hydrogen-bond acceptors (Lipinski definition) is 3. The summed E-state index contributed by atoms with van der Waals surface area (Å²) in [4.78, 5) is 37.8. The molecule has 4 amide bonds. The molecule has 1 heterocycles. The Bertz CT molecular complexity index is 805. The lowest BCUT2D eigenvalue weighted by Crippen LogP contribution is -2.45. The van der Waals surface area contributed by atoms with Crippen molar-refractivity contribution < 1.29 is 14.4 Å². The van der Waals surface area contributed by atoms with Crippen LogP contribution >= 0.6 is 0 Å². The Hall–Kier alpha value is -3.15. The van der Waals surface area contributed by atoms with E-state index in [2.05, 4.69) is 5.43 Å². The Morgan fingerprint density at radius 3 is 2.44 bits per heavy atom. The molecular formula is C19H19N3O3. The first kappa shape index (κ1) is 16.7. The minimum atomic E-state index is -0.507. The van der Waals surface area contributed by atoms with E-state index in [-0.39, 0.29) is 31.3 Å². The lowest BCUT2D eigenvalue weighted by molar-refractivity contribution is -0.126. The van der Waals surface area contributed by atoms with Crippen molar-refractivity contribution in [3.8, 4) is 0 Å². The van der Waals surface area contributed by atoms with E-state index in [0.29, 0.717) is 0 Å². The summed E-state index contributed by atoms with van der Waals surface area (Å²) >= 11 is 0. The van der Waals surface area contributed by atoms with Crippen molar-refractivity contribution >= 4 is 17.8 Å². The first-order valence-corrected chi connectivity index (χ1v) is 8.04. The molecule has 1 saturated heterocycles. The van der Waals surface area contributed by atoms with Crippen LogP contribution in [-0.4, -0.2) is 34.3 Å². The number of nitrogens with one attached hydrogen (secondary N) is 1. The zero-order chi connectivity index (χ0) is 17.8. The quantitative estimate of drug-likeness (QED) is 0.849. The van der Waals surface area contributed by atoms with E-state index >= 15 is 0 Å². The van der Waals surface area contributed by atoms with Crippen molar-refractivity contribution in [2.75, 3.05) is 6.54 Å². The Morgan fingerprint density at radius 1 is 1.04 bits per heavy atom. The van der Waals surface area contributed by atoms with E-state index in [0.717, 1.165) is 26.6 Å². The van der Waals surface area contributed by atoms with Crippen LogP contribution in [0.25, 0.3) is 0 Å². The summed E-state index contributed by atoms with van der Waals surface area (Å²) in [6.07, 6.45) is 0.156. The zero-order valence-corrected chi connectivity index (χ0v) is 13.9. The molecule has 25 heavy (non-hydrogen) atoms. The number of amides is 4. The van der Waals surface area contributed by atoms with Crippen LogP contribution in [0.15, 0.2) is 54.6 Å². The monoisotopic (exact) mass is 337 g/mol. The second-order valence-electron chi connectivity index (χ2n) is 5.97. The molecule has 0 bridgehead atoms. The van der Waals surface area contributed by atoms with Gasteiger partial charge in [0.25, 0.3) is 5.91 Å². The average molecular weight is 337 g/mol. The van der Waals surface area contributed by atoms with Crippen LogP contribution in [0.3, 0.4) is 0 Å². The molecule has 1 fully saturated rings. The zero-order valence-electron chi connectivity index (χ0n) is 13.9. The van der Waals surface area contributed by atoms with Gasteiger partial charge in [-0.25, -0.2) is 9.80 Å². The van der Waals surface area contributed by atoms with Crippen molar-refractivity contribution in [1.29, 1.82) is 0 Å². The van der Waals surface area contributed by atoms with Crippen LogP contribution < -0.4 is 5.43 Å². The molecule has 3 rings (SSSR count). The maximum Gasteiger partial charge on any atom is 0.346 e. The van der Waals surface area contributed by atoms with Crippen LogP contribution in [0.2, 0.25) is 0 Å². The molecule has 1 aliphatic rings. The van der Waals surface area contributed by atoms with E-state index in [4.69, 9.17) is 0 Å². The standard InChI is InChI=1S/C19H19N3O3/c1-14-7-5-6-10-16(14)11-17(23)20-22-13-18(24)21(19(22)25)12-15-8-3-2-4-9-15/h2-10H,11-13H2,1H3,(H,20,23). The van der Waals surface area contributed by atoms with Crippen LogP contribution in [0.1, 0.15) is 16.7 Å². The summed E-state index contributed by atoms with van der Waals surface area (Å²) in [6, 6.07) is 16.3. The van der Waals surface area contributed by atoms with Crippen LogP contribution in [-0.2, 0) is 22.6 Å². The third-order valence-electron chi connectivity index (χ3n) is 4.11. The Balaban J connectivity index is 1.62. The van der Waals surface area contributed by atoms with Crippen molar-refractivity contribution in [2.45, 2.75) is 19.9 Å². The highest BCUT2D eigenvalue weighted by Gasteiger charge is 2.37. The fraction of sp³-hybridized carbons (Fsp3) is 0.211. The minimum absolute atomic E-state index is 0.148. The molecule has 0 atom stereocenters. The van der Waals surface area contributed by atoms with Gasteiger partial charge in [-0.2, -0.15) is 0 Å². The van der Waals surface area contributed by atoms with Crippen molar-refractivity contribution in [3.05, 3.63) is 71.3 Å². The molecule has 0 aromatic heterocycles. The van der Waals surface area contributed by atoms with E-state index < -0.39 is 6.03 Å². The van der Waals surface area contributed by atoms with Crippen molar-refractivity contribution in [3.63, 3.8) is 0 Å². The first-order chi connectivity index (χ1) is 12.0. The molecule has 0 radical (unpaired) electrons. The van der Waals surface area contributed by atoms with Crippen LogP contribution in [0, 0.1) is 6.92 Å². The lowest BCUT2D eigenvalue weighted by atomic mass is 10.1. The number of carbonyl (C=O) groups excluding carboxylic acids is 3. The molecule has 6 nitrogen and oxygen atoms in total. The third kappa shape index (κ3) is 3.85. The maximum absolute atomic E-state index is 12.4. The van der Waals surface area contributed by atoms with Crippen molar-refractivity contribution in [1.82, 2.24) is 15.3 Å². The molecule has 0 unspecified atom stereocenters. The van der Waals surface area contributed by atoms with Gasteiger partial charge in [0.05, 0.1) is 13.0 Å². The van der Waals surface area contributed by atoms with Gasteiger partial charge in [0.15, 0.2) is 0 Å². The molecule has 1 aliphatic heterocycles. The normalized spacial score (nSPS) is 14.1. The fourth-order valence-corrected chi connectivity index (χ4v) is 2.72. The van der Waals surface area contributed by atoms with Gasteiger partial charge < -0.3 is 0 Å². The van der Waals surface area contributed by atoms with Crippen LogP contribution in [0.5, 0.6) is 0 Å². The number of nitrogens with zero attached hydrogens (tertiary/aromatic N) is 2. The van der Waals surface area contributed by atoms with Gasteiger partial charge in [-0.15, -0.1) is 0 Å². The molecule has 1 N–H and O–H groups in total. The summed E-state index contributed by atoms with van der Waals surface area (Å²) in [5, 5.41) is 1.08. The predicted octanol–water partition coefficient (Wildman–Crippen LogP) is 2.03. The Labute approximate surface area is 146 Å². The predicted molar refractivity (Wildman–Crippen MR) is 92.1 cm³/mol. The van der Waals surface area contributed by atoms with Gasteiger partial charge in [0.1, 0.15) is 6.54 Å². The number of urea groups is 1. The van der Waals surface area contributed by atoms with Gasteiger partial charge in [-0.1, -0.05) is 54.6 Å². The molecule has 0 aliphatic carbocycles. The number of hydrogen-bond donors (Lipinski definition) is 1. The average Bonchev–Trinajstić information content (AvgIpc) is 2.85. The molecule has 0 spiro atoms. The molecule has 6 heteroatoms. The van der Waals surface area contributed by atoms with Gasteiger partial charge in [-0.05, 0) is 23.6 Å². The highest BCUT2D eigenvalue weighted by molar-refractivity contribution is 6.02. The SMILES string of the molecule is Cc1ccccc1CC(=O)NN1CC(=O)N(Cc2ccccc2)C1=O. The largest absolute Gasteiger partial charge is 0.346 e. The second kappa shape index (κ2) is 7.17. The number of benzene rings is 2. The minimum Gasteiger partial charge on any atom is -0.273 e. The Morgan fingerprint density at radius 2 is 1.72 bits per heavy atom. The second-order valence-corrected chi connectivity index (χ2v) is 5.97. The fourth-order valence-electron chi connectivity index (χ4n) is 2.72. The summed E-state index contributed by atoms with van der Waals surface area (Å²) < 4.78 is 0. The van der Waals surface area contributed by atoms with Crippen molar-refractivity contribution in [2.24, 2.45) is 0 Å². The van der Waals surface area contributed by atoms with Gasteiger partial charge >= 0.3 is 6.03 Å². The third-order valence-corrected chi connectivity index (χ3v) is 4.11. The van der Waals surface area contributed by atoms with Gasteiger partial charge in [0.2, 0.25) is 5.91 Å². The number of carbonyl (C=O) groups is 3. The van der Waals surface area contributed by atoms with E-state index in [1.807, 2.05) is 61.5 Å². The van der Waals surface area contributed by atoms with Gasteiger partial charge in [-0.3, -0.25) is 19.9 Å². The van der Waals surface area contributed by atoms with E-state index in [1.165, 1.54) is 0 Å². The molecule has 128 valence electrons. The first-order valence-electron chi connectivity index (χ1n) is 8.04. The smallest absolute Gasteiger partial charge is 0.273 e.